The fourth-order valence-electron chi connectivity index (χ4n) is 2.92. The van der Waals surface area contributed by atoms with Crippen molar-refractivity contribution in [3.63, 3.8) is 0 Å². The van der Waals surface area contributed by atoms with Crippen molar-refractivity contribution in [2.45, 2.75) is 20.8 Å². The summed E-state index contributed by atoms with van der Waals surface area (Å²) in [7, 11) is 0. The number of pyridine rings is 1. The fourth-order valence-corrected chi connectivity index (χ4v) is 2.92. The van der Waals surface area contributed by atoms with Crippen LogP contribution in [0.25, 0.3) is 34.0 Å². The molecule has 27 heavy (non-hydrogen) atoms. The minimum absolute atomic E-state index is 0.533. The van der Waals surface area contributed by atoms with Gasteiger partial charge in [-0.15, -0.1) is 10.2 Å². The molecule has 0 saturated heterocycles. The van der Waals surface area contributed by atoms with E-state index in [2.05, 4.69) is 77.6 Å². The molecule has 2 aromatic carbocycles. The number of aryl methyl sites for hydroxylation is 3. The van der Waals surface area contributed by atoms with Gasteiger partial charge in [-0.3, -0.25) is 0 Å². The molecule has 132 valence electrons. The molecule has 0 unspecified atom stereocenters. The second-order valence-electron chi connectivity index (χ2n) is 6.73. The third-order valence-electron chi connectivity index (χ3n) is 4.45. The Morgan fingerprint density at radius 1 is 0.556 bits per heavy atom. The van der Waals surface area contributed by atoms with Crippen LogP contribution in [0.2, 0.25) is 0 Å². The second kappa shape index (κ2) is 7.08. The Bertz CT molecular complexity index is 1080. The van der Waals surface area contributed by atoms with Crippen molar-refractivity contribution in [3.05, 3.63) is 83.6 Å². The Labute approximate surface area is 159 Å². The number of benzene rings is 2. The monoisotopic (exact) mass is 352 g/mol. The van der Waals surface area contributed by atoms with Crippen molar-refractivity contribution < 1.29 is 0 Å². The van der Waals surface area contributed by atoms with Crippen LogP contribution >= 0.6 is 0 Å². The van der Waals surface area contributed by atoms with E-state index in [1.807, 2.05) is 25.1 Å². The first-order valence-electron chi connectivity index (χ1n) is 8.93. The summed E-state index contributed by atoms with van der Waals surface area (Å²) in [5.74, 6) is 0.533. The van der Waals surface area contributed by atoms with Crippen molar-refractivity contribution in [2.24, 2.45) is 0 Å². The zero-order valence-corrected chi connectivity index (χ0v) is 15.6. The first-order chi connectivity index (χ1) is 13.1. The summed E-state index contributed by atoms with van der Waals surface area (Å²) in [5.41, 5.74) is 7.67. The molecule has 0 bridgehead atoms. The first kappa shape index (κ1) is 17.0. The van der Waals surface area contributed by atoms with E-state index < -0.39 is 0 Å². The molecular weight excluding hydrogens is 332 g/mol. The van der Waals surface area contributed by atoms with E-state index in [0.29, 0.717) is 5.82 Å². The van der Waals surface area contributed by atoms with Crippen molar-refractivity contribution in [3.8, 4) is 34.0 Å². The number of rotatable bonds is 3. The zero-order valence-electron chi connectivity index (χ0n) is 15.6. The highest BCUT2D eigenvalue weighted by Crippen LogP contribution is 2.30. The third kappa shape index (κ3) is 3.60. The molecule has 0 spiro atoms. The zero-order chi connectivity index (χ0) is 18.8. The lowest BCUT2D eigenvalue weighted by Gasteiger charge is -2.10. The first-order valence-corrected chi connectivity index (χ1v) is 8.93. The van der Waals surface area contributed by atoms with Gasteiger partial charge >= 0.3 is 0 Å². The molecule has 0 fully saturated rings. The van der Waals surface area contributed by atoms with Gasteiger partial charge in [0.15, 0.2) is 0 Å². The minimum Gasteiger partial charge on any atom is -0.250 e. The van der Waals surface area contributed by atoms with Crippen LogP contribution in [0.4, 0.5) is 0 Å². The lowest BCUT2D eigenvalue weighted by molar-refractivity contribution is 0.978. The molecule has 0 atom stereocenters. The standard InChI is InChI=1S/C23H20N4/c1-15-7-11-18(12-8-15)21-22(19-13-9-16(2)10-14-19)26-27-23(25-21)20-6-4-5-17(3)24-20/h4-14H,1-3H3. The Morgan fingerprint density at radius 3 is 1.74 bits per heavy atom. The predicted molar refractivity (Wildman–Crippen MR) is 108 cm³/mol. The van der Waals surface area contributed by atoms with E-state index in [1.165, 1.54) is 11.1 Å². The maximum absolute atomic E-state index is 4.85. The maximum atomic E-state index is 4.85. The topological polar surface area (TPSA) is 51.6 Å². The summed E-state index contributed by atoms with van der Waals surface area (Å²) in [4.78, 5) is 9.39. The van der Waals surface area contributed by atoms with Crippen LogP contribution < -0.4 is 0 Å². The summed E-state index contributed by atoms with van der Waals surface area (Å²) in [5, 5.41) is 8.90. The molecule has 4 aromatic rings. The largest absolute Gasteiger partial charge is 0.250 e. The molecule has 4 nitrogen and oxygen atoms in total. The van der Waals surface area contributed by atoms with Crippen LogP contribution in [0.1, 0.15) is 16.8 Å². The Kier molecular flexibility index (Phi) is 4.47. The minimum atomic E-state index is 0.533. The average Bonchev–Trinajstić information content (AvgIpc) is 2.69. The van der Waals surface area contributed by atoms with E-state index in [0.717, 1.165) is 33.9 Å². The molecule has 0 aliphatic carbocycles. The predicted octanol–water partition coefficient (Wildman–Crippen LogP) is 5.19. The lowest BCUT2D eigenvalue weighted by atomic mass is 10.0. The Hall–Kier alpha value is -3.40. The van der Waals surface area contributed by atoms with Crippen molar-refractivity contribution >= 4 is 0 Å². The highest BCUT2D eigenvalue weighted by molar-refractivity contribution is 5.78. The summed E-state index contributed by atoms with van der Waals surface area (Å²) in [6.07, 6.45) is 0. The van der Waals surface area contributed by atoms with Crippen LogP contribution in [0.5, 0.6) is 0 Å². The molecule has 0 aliphatic rings. The van der Waals surface area contributed by atoms with Gasteiger partial charge in [-0.25, -0.2) is 9.97 Å². The average molecular weight is 352 g/mol. The van der Waals surface area contributed by atoms with E-state index in [4.69, 9.17) is 4.98 Å². The van der Waals surface area contributed by atoms with Crippen LogP contribution in [-0.4, -0.2) is 20.2 Å². The fraction of sp³-hybridized carbons (Fsp3) is 0.130. The molecule has 0 radical (unpaired) electrons. The summed E-state index contributed by atoms with van der Waals surface area (Å²) in [6.45, 7) is 6.10. The van der Waals surface area contributed by atoms with Crippen LogP contribution in [0, 0.1) is 20.8 Å². The highest BCUT2D eigenvalue weighted by atomic mass is 15.2. The van der Waals surface area contributed by atoms with Crippen LogP contribution in [0.3, 0.4) is 0 Å². The van der Waals surface area contributed by atoms with Gasteiger partial charge in [0.1, 0.15) is 17.1 Å². The molecule has 4 heteroatoms. The molecular formula is C23H20N4. The molecule has 2 aromatic heterocycles. The molecule has 0 saturated carbocycles. The van der Waals surface area contributed by atoms with Gasteiger partial charge in [-0.1, -0.05) is 65.7 Å². The summed E-state index contributed by atoms with van der Waals surface area (Å²) >= 11 is 0. The van der Waals surface area contributed by atoms with E-state index >= 15 is 0 Å². The van der Waals surface area contributed by atoms with Crippen LogP contribution in [0.15, 0.2) is 66.7 Å². The van der Waals surface area contributed by atoms with Crippen molar-refractivity contribution in [1.29, 1.82) is 0 Å². The quantitative estimate of drug-likeness (QED) is 0.509. The van der Waals surface area contributed by atoms with Crippen molar-refractivity contribution in [1.82, 2.24) is 20.2 Å². The van der Waals surface area contributed by atoms with E-state index in [9.17, 15) is 0 Å². The SMILES string of the molecule is Cc1ccc(-c2nnc(-c3cccc(C)n3)nc2-c2ccc(C)cc2)cc1. The van der Waals surface area contributed by atoms with Gasteiger partial charge < -0.3 is 0 Å². The number of aromatic nitrogens is 4. The van der Waals surface area contributed by atoms with Gasteiger partial charge in [0.2, 0.25) is 5.82 Å². The maximum Gasteiger partial charge on any atom is 0.201 e. The lowest BCUT2D eigenvalue weighted by Crippen LogP contribution is -2.01. The summed E-state index contributed by atoms with van der Waals surface area (Å²) in [6, 6.07) is 22.4. The van der Waals surface area contributed by atoms with E-state index in [-0.39, 0.29) is 0 Å². The Balaban J connectivity index is 1.90. The van der Waals surface area contributed by atoms with Crippen molar-refractivity contribution in [2.75, 3.05) is 0 Å². The molecule has 0 amide bonds. The van der Waals surface area contributed by atoms with Gasteiger partial charge in [0.05, 0.1) is 0 Å². The normalized spacial score (nSPS) is 10.8. The summed E-state index contributed by atoms with van der Waals surface area (Å²) < 4.78 is 0. The van der Waals surface area contributed by atoms with Gasteiger partial charge in [0, 0.05) is 16.8 Å². The molecule has 2 heterocycles. The van der Waals surface area contributed by atoms with Gasteiger partial charge in [-0.2, -0.15) is 0 Å². The van der Waals surface area contributed by atoms with Gasteiger partial charge in [0.25, 0.3) is 0 Å². The molecule has 0 aliphatic heterocycles. The highest BCUT2D eigenvalue weighted by Gasteiger charge is 2.15. The second-order valence-corrected chi connectivity index (χ2v) is 6.73. The third-order valence-corrected chi connectivity index (χ3v) is 4.45. The number of nitrogens with zero attached hydrogens (tertiary/aromatic N) is 4. The molecule has 4 rings (SSSR count). The van der Waals surface area contributed by atoms with E-state index in [1.54, 1.807) is 0 Å². The van der Waals surface area contributed by atoms with Crippen LogP contribution in [-0.2, 0) is 0 Å². The van der Waals surface area contributed by atoms with Gasteiger partial charge in [-0.05, 0) is 32.9 Å². The Morgan fingerprint density at radius 2 is 1.15 bits per heavy atom. The number of hydrogen-bond acceptors (Lipinski definition) is 4. The number of hydrogen-bond donors (Lipinski definition) is 0. The molecule has 0 N–H and O–H groups in total. The smallest absolute Gasteiger partial charge is 0.201 e.